The summed E-state index contributed by atoms with van der Waals surface area (Å²) in [5.41, 5.74) is 0.186. The molecule has 0 aromatic carbocycles. The van der Waals surface area contributed by atoms with E-state index in [0.29, 0.717) is 13.1 Å². The van der Waals surface area contributed by atoms with Crippen molar-refractivity contribution in [2.24, 2.45) is 5.41 Å². The number of carbonyl (C=O) groups excluding carboxylic acids is 1. The van der Waals surface area contributed by atoms with Gasteiger partial charge >= 0.3 is 6.03 Å². The molecule has 1 saturated carbocycles. The van der Waals surface area contributed by atoms with E-state index in [9.17, 15) is 4.79 Å². The SMILES string of the molecule is CCCN(CCO)C(=O)NC1CCCCC1(C)C. The van der Waals surface area contributed by atoms with Crippen LogP contribution in [0, 0.1) is 5.41 Å². The largest absolute Gasteiger partial charge is 0.395 e. The molecule has 0 saturated heterocycles. The molecule has 0 heterocycles. The maximum Gasteiger partial charge on any atom is 0.317 e. The molecule has 0 bridgehead atoms. The molecule has 1 aliphatic rings. The zero-order valence-corrected chi connectivity index (χ0v) is 12.0. The molecule has 1 unspecified atom stereocenters. The summed E-state index contributed by atoms with van der Waals surface area (Å²) in [6.45, 7) is 7.66. The number of aliphatic hydroxyl groups excluding tert-OH is 1. The van der Waals surface area contributed by atoms with Crippen LogP contribution in [0.1, 0.15) is 52.9 Å². The van der Waals surface area contributed by atoms with Crippen molar-refractivity contribution in [2.75, 3.05) is 19.7 Å². The highest BCUT2D eigenvalue weighted by molar-refractivity contribution is 5.74. The lowest BCUT2D eigenvalue weighted by Gasteiger charge is -2.40. The van der Waals surface area contributed by atoms with Gasteiger partial charge in [-0.25, -0.2) is 4.79 Å². The van der Waals surface area contributed by atoms with Crippen LogP contribution in [0.2, 0.25) is 0 Å². The number of urea groups is 1. The number of rotatable bonds is 5. The standard InChI is InChI=1S/C14H28N2O2/c1-4-9-16(10-11-17)13(18)15-12-7-5-6-8-14(12,2)3/h12,17H,4-11H2,1-3H3,(H,15,18). The van der Waals surface area contributed by atoms with Gasteiger partial charge in [-0.05, 0) is 24.7 Å². The number of nitrogens with zero attached hydrogens (tertiary/aromatic N) is 1. The predicted molar refractivity (Wildman–Crippen MR) is 73.5 cm³/mol. The van der Waals surface area contributed by atoms with E-state index in [-0.39, 0.29) is 24.1 Å². The summed E-state index contributed by atoms with van der Waals surface area (Å²) in [6, 6.07) is 0.239. The van der Waals surface area contributed by atoms with Gasteiger partial charge < -0.3 is 15.3 Å². The van der Waals surface area contributed by atoms with Gasteiger partial charge in [0.1, 0.15) is 0 Å². The molecule has 2 N–H and O–H groups in total. The van der Waals surface area contributed by atoms with Crippen molar-refractivity contribution in [2.45, 2.75) is 58.9 Å². The first-order valence-electron chi connectivity index (χ1n) is 7.17. The van der Waals surface area contributed by atoms with E-state index < -0.39 is 0 Å². The second-order valence-electron chi connectivity index (χ2n) is 5.95. The Morgan fingerprint density at radius 3 is 2.67 bits per heavy atom. The Labute approximate surface area is 111 Å². The lowest BCUT2D eigenvalue weighted by Crippen LogP contribution is -2.52. The van der Waals surface area contributed by atoms with E-state index >= 15 is 0 Å². The van der Waals surface area contributed by atoms with Crippen molar-refractivity contribution < 1.29 is 9.90 Å². The summed E-state index contributed by atoms with van der Waals surface area (Å²) < 4.78 is 0. The lowest BCUT2D eigenvalue weighted by molar-refractivity contribution is 0.140. The summed E-state index contributed by atoms with van der Waals surface area (Å²) in [6.07, 6.45) is 5.61. The second-order valence-corrected chi connectivity index (χ2v) is 5.95. The van der Waals surface area contributed by atoms with Crippen molar-refractivity contribution in [3.63, 3.8) is 0 Å². The number of carbonyl (C=O) groups is 1. The van der Waals surface area contributed by atoms with E-state index in [4.69, 9.17) is 5.11 Å². The molecule has 18 heavy (non-hydrogen) atoms. The number of hydrogen-bond donors (Lipinski definition) is 2. The lowest BCUT2D eigenvalue weighted by atomic mass is 9.73. The normalized spacial score (nSPS) is 22.6. The van der Waals surface area contributed by atoms with Crippen LogP contribution in [-0.2, 0) is 0 Å². The Morgan fingerprint density at radius 1 is 1.39 bits per heavy atom. The van der Waals surface area contributed by atoms with E-state index in [1.165, 1.54) is 19.3 Å². The fourth-order valence-electron chi connectivity index (χ4n) is 2.71. The predicted octanol–water partition coefficient (Wildman–Crippen LogP) is 2.37. The summed E-state index contributed by atoms with van der Waals surface area (Å²) >= 11 is 0. The van der Waals surface area contributed by atoms with Gasteiger partial charge in [0.15, 0.2) is 0 Å². The average Bonchev–Trinajstić information content (AvgIpc) is 2.31. The minimum absolute atomic E-state index is 0.0223. The zero-order valence-electron chi connectivity index (χ0n) is 12.0. The Kier molecular flexibility index (Phi) is 5.93. The van der Waals surface area contributed by atoms with Gasteiger partial charge in [0, 0.05) is 19.1 Å². The maximum absolute atomic E-state index is 12.2. The summed E-state index contributed by atoms with van der Waals surface area (Å²) in [5, 5.41) is 12.2. The topological polar surface area (TPSA) is 52.6 Å². The van der Waals surface area contributed by atoms with Crippen LogP contribution in [0.5, 0.6) is 0 Å². The van der Waals surface area contributed by atoms with Gasteiger partial charge in [-0.1, -0.05) is 33.6 Å². The van der Waals surface area contributed by atoms with Crippen LogP contribution >= 0.6 is 0 Å². The van der Waals surface area contributed by atoms with Crippen LogP contribution in [0.3, 0.4) is 0 Å². The van der Waals surface area contributed by atoms with Crippen molar-refractivity contribution in [1.82, 2.24) is 10.2 Å². The van der Waals surface area contributed by atoms with E-state index in [1.807, 2.05) is 6.92 Å². The molecule has 2 amide bonds. The molecule has 0 aromatic heterocycles. The molecule has 0 aliphatic heterocycles. The third-order valence-electron chi connectivity index (χ3n) is 3.96. The Hall–Kier alpha value is -0.770. The van der Waals surface area contributed by atoms with Crippen LogP contribution in [0.15, 0.2) is 0 Å². The van der Waals surface area contributed by atoms with E-state index in [0.717, 1.165) is 12.8 Å². The van der Waals surface area contributed by atoms with Crippen LogP contribution in [0.4, 0.5) is 4.79 Å². The first kappa shape index (κ1) is 15.3. The van der Waals surface area contributed by atoms with E-state index in [1.54, 1.807) is 4.90 Å². The summed E-state index contributed by atoms with van der Waals surface area (Å²) in [4.78, 5) is 13.9. The van der Waals surface area contributed by atoms with Crippen LogP contribution < -0.4 is 5.32 Å². The monoisotopic (exact) mass is 256 g/mol. The van der Waals surface area contributed by atoms with Crippen molar-refractivity contribution in [3.8, 4) is 0 Å². The third-order valence-corrected chi connectivity index (χ3v) is 3.96. The quantitative estimate of drug-likeness (QED) is 0.793. The summed E-state index contributed by atoms with van der Waals surface area (Å²) in [5.74, 6) is 0. The highest BCUT2D eigenvalue weighted by Gasteiger charge is 2.33. The molecule has 106 valence electrons. The minimum Gasteiger partial charge on any atom is -0.395 e. The van der Waals surface area contributed by atoms with Crippen molar-refractivity contribution in [1.29, 1.82) is 0 Å². The molecule has 4 heteroatoms. The van der Waals surface area contributed by atoms with Crippen molar-refractivity contribution >= 4 is 6.03 Å². The fraction of sp³-hybridized carbons (Fsp3) is 0.929. The molecule has 1 atom stereocenters. The van der Waals surface area contributed by atoms with Crippen LogP contribution in [0.25, 0.3) is 0 Å². The fourth-order valence-corrected chi connectivity index (χ4v) is 2.71. The molecule has 1 aliphatic carbocycles. The maximum atomic E-state index is 12.2. The van der Waals surface area contributed by atoms with Gasteiger partial charge in [0.05, 0.1) is 6.61 Å². The molecule has 1 rings (SSSR count). The first-order chi connectivity index (χ1) is 8.51. The van der Waals surface area contributed by atoms with Gasteiger partial charge in [-0.3, -0.25) is 0 Å². The number of nitrogens with one attached hydrogen (secondary N) is 1. The third kappa shape index (κ3) is 4.16. The van der Waals surface area contributed by atoms with Gasteiger partial charge in [-0.2, -0.15) is 0 Å². The van der Waals surface area contributed by atoms with Gasteiger partial charge in [0.2, 0.25) is 0 Å². The molecule has 0 aromatic rings. The second kappa shape index (κ2) is 6.98. The van der Waals surface area contributed by atoms with Crippen molar-refractivity contribution in [3.05, 3.63) is 0 Å². The smallest absolute Gasteiger partial charge is 0.317 e. The molecule has 1 fully saturated rings. The van der Waals surface area contributed by atoms with E-state index in [2.05, 4.69) is 19.2 Å². The highest BCUT2D eigenvalue weighted by atomic mass is 16.3. The van der Waals surface area contributed by atoms with Gasteiger partial charge in [-0.15, -0.1) is 0 Å². The molecule has 0 spiro atoms. The zero-order chi connectivity index (χ0) is 13.6. The van der Waals surface area contributed by atoms with Crippen LogP contribution in [-0.4, -0.2) is 41.8 Å². The Bertz CT molecular complexity index is 261. The Morgan fingerprint density at radius 2 is 2.11 bits per heavy atom. The molecular formula is C14H28N2O2. The van der Waals surface area contributed by atoms with Gasteiger partial charge in [0.25, 0.3) is 0 Å². The molecule has 0 radical (unpaired) electrons. The number of aliphatic hydroxyl groups is 1. The number of hydrogen-bond acceptors (Lipinski definition) is 2. The Balaban J connectivity index is 2.55. The average molecular weight is 256 g/mol. The molecular weight excluding hydrogens is 228 g/mol. The minimum atomic E-state index is -0.0223. The highest BCUT2D eigenvalue weighted by Crippen LogP contribution is 2.35. The summed E-state index contributed by atoms with van der Waals surface area (Å²) in [7, 11) is 0. The molecule has 4 nitrogen and oxygen atoms in total. The first-order valence-corrected chi connectivity index (χ1v) is 7.17. The number of amides is 2.